The first-order valence-electron chi connectivity index (χ1n) is 8.55. The van der Waals surface area contributed by atoms with Gasteiger partial charge < -0.3 is 15.4 Å². The van der Waals surface area contributed by atoms with E-state index >= 15 is 0 Å². The van der Waals surface area contributed by atoms with E-state index in [-0.39, 0.29) is 5.69 Å². The number of ether oxygens (including phenoxy) is 1. The second-order valence-corrected chi connectivity index (χ2v) is 5.82. The summed E-state index contributed by atoms with van der Waals surface area (Å²) >= 11 is 0. The van der Waals surface area contributed by atoms with Gasteiger partial charge in [-0.2, -0.15) is 4.98 Å². The molecule has 1 heterocycles. The van der Waals surface area contributed by atoms with Gasteiger partial charge in [-0.3, -0.25) is 0 Å². The van der Waals surface area contributed by atoms with E-state index in [4.69, 9.17) is 4.74 Å². The molecule has 1 aromatic heterocycles. The summed E-state index contributed by atoms with van der Waals surface area (Å²) < 4.78 is 33.0. The predicted octanol–water partition coefficient (Wildman–Crippen LogP) is 4.61. The highest BCUT2D eigenvalue weighted by molar-refractivity contribution is 5.67. The van der Waals surface area contributed by atoms with Gasteiger partial charge in [0.15, 0.2) is 0 Å². The van der Waals surface area contributed by atoms with Crippen molar-refractivity contribution in [1.82, 2.24) is 9.97 Å². The summed E-state index contributed by atoms with van der Waals surface area (Å²) in [7, 11) is 1.64. The summed E-state index contributed by atoms with van der Waals surface area (Å²) in [5, 5.41) is 5.84. The van der Waals surface area contributed by atoms with Crippen LogP contribution in [0.4, 0.5) is 26.2 Å². The van der Waals surface area contributed by atoms with Crippen LogP contribution in [0.3, 0.4) is 0 Å². The lowest BCUT2D eigenvalue weighted by molar-refractivity contribution is 0.197. The Morgan fingerprint density at radius 2 is 1.70 bits per heavy atom. The SMILES string of the molecule is COCCCNc1nc(Nc2c(F)cccc2F)cc(-c2ccccc2)n1. The Balaban J connectivity index is 1.92. The normalized spacial score (nSPS) is 10.6. The largest absolute Gasteiger partial charge is 0.385 e. The van der Waals surface area contributed by atoms with Crippen molar-refractivity contribution < 1.29 is 13.5 Å². The summed E-state index contributed by atoms with van der Waals surface area (Å²) in [5.74, 6) is -0.720. The third-order valence-electron chi connectivity index (χ3n) is 3.82. The molecule has 0 aliphatic carbocycles. The molecule has 7 heteroatoms. The lowest BCUT2D eigenvalue weighted by atomic mass is 10.1. The van der Waals surface area contributed by atoms with Crippen LogP contribution in [-0.4, -0.2) is 30.2 Å². The van der Waals surface area contributed by atoms with Gasteiger partial charge in [-0.05, 0) is 18.6 Å². The molecule has 27 heavy (non-hydrogen) atoms. The fourth-order valence-electron chi connectivity index (χ4n) is 2.51. The Kier molecular flexibility index (Phi) is 6.27. The zero-order valence-corrected chi connectivity index (χ0v) is 14.9. The molecule has 0 aliphatic heterocycles. The maximum Gasteiger partial charge on any atom is 0.225 e. The average molecular weight is 370 g/mol. The van der Waals surface area contributed by atoms with Gasteiger partial charge in [0.25, 0.3) is 0 Å². The first-order valence-corrected chi connectivity index (χ1v) is 8.55. The summed E-state index contributed by atoms with van der Waals surface area (Å²) in [4.78, 5) is 8.82. The minimum atomic E-state index is -0.690. The van der Waals surface area contributed by atoms with Crippen molar-refractivity contribution in [1.29, 1.82) is 0 Å². The molecule has 2 N–H and O–H groups in total. The van der Waals surface area contributed by atoms with Gasteiger partial charge in [-0.15, -0.1) is 0 Å². The number of methoxy groups -OCH3 is 1. The van der Waals surface area contributed by atoms with Crippen molar-refractivity contribution in [2.24, 2.45) is 0 Å². The summed E-state index contributed by atoms with van der Waals surface area (Å²) in [6, 6.07) is 14.9. The molecule has 140 valence electrons. The molecule has 3 aromatic rings. The summed E-state index contributed by atoms with van der Waals surface area (Å²) in [5.41, 5.74) is 1.26. The average Bonchev–Trinajstić information content (AvgIpc) is 2.69. The van der Waals surface area contributed by atoms with Crippen LogP contribution in [0.15, 0.2) is 54.6 Å². The lowest BCUT2D eigenvalue weighted by Gasteiger charge is -2.12. The van der Waals surface area contributed by atoms with Crippen LogP contribution in [0.2, 0.25) is 0 Å². The van der Waals surface area contributed by atoms with Gasteiger partial charge in [-0.1, -0.05) is 36.4 Å². The van der Waals surface area contributed by atoms with E-state index in [1.165, 1.54) is 18.2 Å². The van der Waals surface area contributed by atoms with E-state index in [1.807, 2.05) is 30.3 Å². The molecule has 0 saturated carbocycles. The van der Waals surface area contributed by atoms with Gasteiger partial charge in [0.2, 0.25) is 5.95 Å². The molecule has 0 spiro atoms. The Bertz CT molecular complexity index is 870. The van der Waals surface area contributed by atoms with E-state index in [2.05, 4.69) is 20.6 Å². The number of benzene rings is 2. The Morgan fingerprint density at radius 1 is 0.963 bits per heavy atom. The first kappa shape index (κ1) is 18.7. The maximum atomic E-state index is 14.0. The van der Waals surface area contributed by atoms with Crippen molar-refractivity contribution in [2.75, 3.05) is 30.9 Å². The zero-order chi connectivity index (χ0) is 19.1. The maximum absolute atomic E-state index is 14.0. The molecule has 0 radical (unpaired) electrons. The number of rotatable bonds is 8. The second kappa shape index (κ2) is 9.05. The fraction of sp³-hybridized carbons (Fsp3) is 0.200. The number of nitrogens with one attached hydrogen (secondary N) is 2. The predicted molar refractivity (Wildman–Crippen MR) is 102 cm³/mol. The number of halogens is 2. The quantitative estimate of drug-likeness (QED) is 0.567. The molecule has 2 aromatic carbocycles. The Labute approximate surface area is 156 Å². The van der Waals surface area contributed by atoms with E-state index in [0.717, 1.165) is 12.0 Å². The highest BCUT2D eigenvalue weighted by atomic mass is 19.1. The number of para-hydroxylation sites is 1. The molecule has 5 nitrogen and oxygen atoms in total. The molecule has 0 fully saturated rings. The third kappa shape index (κ3) is 4.98. The molecular weight excluding hydrogens is 350 g/mol. The molecule has 0 unspecified atom stereocenters. The van der Waals surface area contributed by atoms with E-state index in [0.29, 0.717) is 30.6 Å². The number of hydrogen-bond donors (Lipinski definition) is 2. The number of hydrogen-bond acceptors (Lipinski definition) is 5. The molecule has 0 amide bonds. The fourth-order valence-corrected chi connectivity index (χ4v) is 2.51. The molecule has 0 atom stereocenters. The topological polar surface area (TPSA) is 59.1 Å². The van der Waals surface area contributed by atoms with Gasteiger partial charge in [0, 0.05) is 31.9 Å². The standard InChI is InChI=1S/C20H20F2N4O/c1-27-12-6-11-23-20-24-17(14-7-3-2-4-8-14)13-18(26-20)25-19-15(21)9-5-10-16(19)22/h2-5,7-10,13H,6,11-12H2,1H3,(H2,23,24,25,26). The van der Waals surface area contributed by atoms with Crippen LogP contribution in [-0.2, 0) is 4.74 Å². The Hall–Kier alpha value is -3.06. The molecule has 0 aliphatic rings. The van der Waals surface area contributed by atoms with Crippen LogP contribution >= 0.6 is 0 Å². The zero-order valence-electron chi connectivity index (χ0n) is 14.9. The summed E-state index contributed by atoms with van der Waals surface area (Å²) in [6.07, 6.45) is 0.778. The number of anilines is 3. The highest BCUT2D eigenvalue weighted by Gasteiger charge is 2.12. The molecule has 0 saturated heterocycles. The summed E-state index contributed by atoms with van der Waals surface area (Å²) in [6.45, 7) is 1.22. The van der Waals surface area contributed by atoms with Crippen LogP contribution in [0.25, 0.3) is 11.3 Å². The van der Waals surface area contributed by atoms with Crippen molar-refractivity contribution in [3.8, 4) is 11.3 Å². The number of nitrogens with zero attached hydrogens (tertiary/aromatic N) is 2. The highest BCUT2D eigenvalue weighted by Crippen LogP contribution is 2.26. The lowest BCUT2D eigenvalue weighted by Crippen LogP contribution is -2.09. The van der Waals surface area contributed by atoms with Gasteiger partial charge in [-0.25, -0.2) is 13.8 Å². The van der Waals surface area contributed by atoms with Crippen molar-refractivity contribution in [3.63, 3.8) is 0 Å². The van der Waals surface area contributed by atoms with Crippen LogP contribution in [0, 0.1) is 11.6 Å². The van der Waals surface area contributed by atoms with Gasteiger partial charge in [0.1, 0.15) is 23.1 Å². The van der Waals surface area contributed by atoms with Crippen LogP contribution in [0.1, 0.15) is 6.42 Å². The van der Waals surface area contributed by atoms with Crippen LogP contribution in [0.5, 0.6) is 0 Å². The minimum Gasteiger partial charge on any atom is -0.385 e. The second-order valence-electron chi connectivity index (χ2n) is 5.82. The molecular formula is C20H20F2N4O. The molecule has 3 rings (SSSR count). The van der Waals surface area contributed by atoms with Gasteiger partial charge >= 0.3 is 0 Å². The first-order chi connectivity index (χ1) is 13.2. The van der Waals surface area contributed by atoms with Crippen LogP contribution < -0.4 is 10.6 Å². The van der Waals surface area contributed by atoms with Gasteiger partial charge in [0.05, 0.1) is 5.69 Å². The van der Waals surface area contributed by atoms with E-state index in [1.54, 1.807) is 13.2 Å². The van der Waals surface area contributed by atoms with E-state index in [9.17, 15) is 8.78 Å². The van der Waals surface area contributed by atoms with Crippen molar-refractivity contribution >= 4 is 17.5 Å². The smallest absolute Gasteiger partial charge is 0.225 e. The van der Waals surface area contributed by atoms with Crippen molar-refractivity contribution in [3.05, 3.63) is 66.2 Å². The minimum absolute atomic E-state index is 0.249. The third-order valence-corrected chi connectivity index (χ3v) is 3.82. The monoisotopic (exact) mass is 370 g/mol. The van der Waals surface area contributed by atoms with Crippen molar-refractivity contribution in [2.45, 2.75) is 6.42 Å². The molecule has 0 bridgehead atoms. The number of aromatic nitrogens is 2. The van der Waals surface area contributed by atoms with E-state index < -0.39 is 11.6 Å². The Morgan fingerprint density at radius 3 is 2.41 bits per heavy atom.